The number of amides is 1. The number of furan rings is 1. The molecule has 0 fully saturated rings. The van der Waals surface area contributed by atoms with E-state index in [4.69, 9.17) is 14.1 Å². The second kappa shape index (κ2) is 6.56. The van der Waals surface area contributed by atoms with Crippen molar-refractivity contribution >= 4 is 16.9 Å². The molecule has 1 aromatic carbocycles. The maximum atomic E-state index is 12.2. The zero-order valence-electron chi connectivity index (χ0n) is 15.4. The lowest BCUT2D eigenvalue weighted by Crippen LogP contribution is -2.25. The molecule has 6 nitrogen and oxygen atoms in total. The fourth-order valence-electron chi connectivity index (χ4n) is 3.95. The number of aromatic nitrogens is 2. The largest absolute Gasteiger partial charge is 0.481 e. The van der Waals surface area contributed by atoms with E-state index in [9.17, 15) is 4.79 Å². The van der Waals surface area contributed by atoms with Gasteiger partial charge in [0.2, 0.25) is 5.88 Å². The SMILES string of the molecule is COc1ccc2c(n1)c(CCNC(=O)c1ccco1)c1n2Cc2ccccc2-1. The molecule has 4 aromatic rings. The third-order valence-corrected chi connectivity index (χ3v) is 5.20. The molecule has 6 heteroatoms. The van der Waals surface area contributed by atoms with Crippen molar-refractivity contribution < 1.29 is 13.9 Å². The van der Waals surface area contributed by atoms with Crippen molar-refractivity contribution in [2.75, 3.05) is 13.7 Å². The van der Waals surface area contributed by atoms with Crippen LogP contribution in [0.4, 0.5) is 0 Å². The Bertz CT molecular complexity index is 1180. The summed E-state index contributed by atoms with van der Waals surface area (Å²) in [5.74, 6) is 0.694. The molecule has 140 valence electrons. The third kappa shape index (κ3) is 2.57. The van der Waals surface area contributed by atoms with Crippen LogP contribution < -0.4 is 10.1 Å². The van der Waals surface area contributed by atoms with Gasteiger partial charge >= 0.3 is 0 Å². The number of carbonyl (C=O) groups is 1. The molecule has 0 saturated heterocycles. The van der Waals surface area contributed by atoms with Gasteiger partial charge in [0.05, 0.1) is 30.1 Å². The zero-order chi connectivity index (χ0) is 19.1. The Hall–Kier alpha value is -3.54. The van der Waals surface area contributed by atoms with Gasteiger partial charge in [0.1, 0.15) is 0 Å². The predicted octanol–water partition coefficient (Wildman–Crippen LogP) is 3.64. The van der Waals surface area contributed by atoms with Crippen LogP contribution in [0.3, 0.4) is 0 Å². The first-order valence-corrected chi connectivity index (χ1v) is 9.22. The Morgan fingerprint density at radius 2 is 2.11 bits per heavy atom. The van der Waals surface area contributed by atoms with Gasteiger partial charge in [-0.15, -0.1) is 0 Å². The molecule has 0 unspecified atom stereocenters. The number of carbonyl (C=O) groups excluding carboxylic acids is 1. The molecule has 1 aliphatic heterocycles. The van der Waals surface area contributed by atoms with Gasteiger partial charge in [-0.25, -0.2) is 4.98 Å². The smallest absolute Gasteiger partial charge is 0.286 e. The van der Waals surface area contributed by atoms with Gasteiger partial charge in [0, 0.05) is 30.3 Å². The van der Waals surface area contributed by atoms with Crippen molar-refractivity contribution in [2.45, 2.75) is 13.0 Å². The molecule has 0 aliphatic carbocycles. The Morgan fingerprint density at radius 1 is 1.21 bits per heavy atom. The third-order valence-electron chi connectivity index (χ3n) is 5.20. The van der Waals surface area contributed by atoms with Crippen LogP contribution in [0.25, 0.3) is 22.3 Å². The number of ether oxygens (including phenoxy) is 1. The van der Waals surface area contributed by atoms with Crippen molar-refractivity contribution in [3.63, 3.8) is 0 Å². The molecule has 5 rings (SSSR count). The topological polar surface area (TPSA) is 69.3 Å². The van der Waals surface area contributed by atoms with Gasteiger partial charge in [-0.3, -0.25) is 4.79 Å². The van der Waals surface area contributed by atoms with Gasteiger partial charge in [-0.2, -0.15) is 0 Å². The normalized spacial score (nSPS) is 12.0. The van der Waals surface area contributed by atoms with Crippen molar-refractivity contribution in [1.29, 1.82) is 0 Å². The second-order valence-corrected chi connectivity index (χ2v) is 6.78. The van der Waals surface area contributed by atoms with Gasteiger partial charge in [0.25, 0.3) is 5.91 Å². The van der Waals surface area contributed by atoms with E-state index in [1.165, 1.54) is 23.1 Å². The lowest BCUT2D eigenvalue weighted by atomic mass is 10.0. The maximum Gasteiger partial charge on any atom is 0.286 e. The van der Waals surface area contributed by atoms with Crippen molar-refractivity contribution in [3.05, 3.63) is 71.7 Å². The summed E-state index contributed by atoms with van der Waals surface area (Å²) in [5, 5.41) is 2.93. The van der Waals surface area contributed by atoms with E-state index in [1.807, 2.05) is 6.07 Å². The van der Waals surface area contributed by atoms with Gasteiger partial charge in [0.15, 0.2) is 5.76 Å². The van der Waals surface area contributed by atoms with Gasteiger partial charge in [-0.1, -0.05) is 24.3 Å². The van der Waals surface area contributed by atoms with Crippen molar-refractivity contribution in [2.24, 2.45) is 0 Å². The Balaban J connectivity index is 1.53. The molecule has 28 heavy (non-hydrogen) atoms. The van der Waals surface area contributed by atoms with Gasteiger partial charge < -0.3 is 19.0 Å². The van der Waals surface area contributed by atoms with E-state index in [0.29, 0.717) is 24.6 Å². The molecule has 0 radical (unpaired) electrons. The summed E-state index contributed by atoms with van der Waals surface area (Å²) < 4.78 is 12.8. The van der Waals surface area contributed by atoms with E-state index in [-0.39, 0.29) is 5.91 Å². The molecule has 0 atom stereocenters. The Morgan fingerprint density at radius 3 is 2.93 bits per heavy atom. The highest BCUT2D eigenvalue weighted by molar-refractivity contribution is 5.93. The molecule has 0 spiro atoms. The second-order valence-electron chi connectivity index (χ2n) is 6.78. The average Bonchev–Trinajstić information content (AvgIpc) is 3.44. The summed E-state index contributed by atoms with van der Waals surface area (Å²) in [7, 11) is 1.62. The minimum absolute atomic E-state index is 0.212. The van der Waals surface area contributed by atoms with Crippen LogP contribution in [0.1, 0.15) is 21.7 Å². The Kier molecular flexibility index (Phi) is 3.90. The minimum atomic E-state index is -0.212. The molecule has 0 bridgehead atoms. The Labute approximate surface area is 161 Å². The van der Waals surface area contributed by atoms with Crippen LogP contribution in [0.5, 0.6) is 5.88 Å². The summed E-state index contributed by atoms with van der Waals surface area (Å²) in [6.45, 7) is 1.32. The van der Waals surface area contributed by atoms with Crippen LogP contribution in [0, 0.1) is 0 Å². The summed E-state index contributed by atoms with van der Waals surface area (Å²) in [5.41, 5.74) is 6.84. The first kappa shape index (κ1) is 16.6. The molecule has 1 amide bonds. The summed E-state index contributed by atoms with van der Waals surface area (Å²) >= 11 is 0. The number of fused-ring (bicyclic) bond motifs is 5. The first-order chi connectivity index (χ1) is 13.8. The van der Waals surface area contributed by atoms with E-state index in [1.54, 1.807) is 19.2 Å². The quantitative estimate of drug-likeness (QED) is 0.511. The van der Waals surface area contributed by atoms with Crippen LogP contribution >= 0.6 is 0 Å². The molecular formula is C22H19N3O3. The molecule has 4 heterocycles. The van der Waals surface area contributed by atoms with Crippen LogP contribution in [-0.4, -0.2) is 29.1 Å². The van der Waals surface area contributed by atoms with E-state index >= 15 is 0 Å². The monoisotopic (exact) mass is 373 g/mol. The number of rotatable bonds is 5. The number of benzene rings is 1. The average molecular weight is 373 g/mol. The molecule has 0 saturated carbocycles. The highest BCUT2D eigenvalue weighted by atomic mass is 16.5. The van der Waals surface area contributed by atoms with Crippen LogP contribution in [0.2, 0.25) is 0 Å². The van der Waals surface area contributed by atoms with Crippen molar-refractivity contribution in [3.8, 4) is 17.1 Å². The molecular weight excluding hydrogens is 354 g/mol. The lowest BCUT2D eigenvalue weighted by molar-refractivity contribution is 0.0926. The molecule has 1 aliphatic rings. The van der Waals surface area contributed by atoms with Crippen molar-refractivity contribution in [1.82, 2.24) is 14.9 Å². The number of hydrogen-bond acceptors (Lipinski definition) is 4. The number of nitrogens with zero attached hydrogens (tertiary/aromatic N) is 2. The highest BCUT2D eigenvalue weighted by Gasteiger charge is 2.26. The standard InChI is InChI=1S/C22H19N3O3/c1-27-19-9-8-17-20(24-19)16(10-11-23-22(26)18-7-4-12-28-18)21-15-6-3-2-5-14(15)13-25(17)21/h2-9,12H,10-11,13H2,1H3,(H,23,26). The summed E-state index contributed by atoms with van der Waals surface area (Å²) in [4.78, 5) is 16.9. The number of nitrogens with one attached hydrogen (secondary N) is 1. The van der Waals surface area contributed by atoms with Gasteiger partial charge in [-0.05, 0) is 30.2 Å². The summed E-state index contributed by atoms with van der Waals surface area (Å²) in [6.07, 6.45) is 2.16. The highest BCUT2D eigenvalue weighted by Crippen LogP contribution is 2.41. The van der Waals surface area contributed by atoms with Crippen LogP contribution in [-0.2, 0) is 13.0 Å². The number of hydrogen-bond donors (Lipinski definition) is 1. The zero-order valence-corrected chi connectivity index (χ0v) is 15.4. The molecule has 1 N–H and O–H groups in total. The fraction of sp³-hybridized carbons (Fsp3) is 0.182. The molecule has 3 aromatic heterocycles. The maximum absolute atomic E-state index is 12.2. The van der Waals surface area contributed by atoms with E-state index < -0.39 is 0 Å². The first-order valence-electron chi connectivity index (χ1n) is 9.22. The van der Waals surface area contributed by atoms with Crippen LogP contribution in [0.15, 0.2) is 59.2 Å². The summed E-state index contributed by atoms with van der Waals surface area (Å²) in [6, 6.07) is 15.7. The fourth-order valence-corrected chi connectivity index (χ4v) is 3.95. The minimum Gasteiger partial charge on any atom is -0.481 e. The predicted molar refractivity (Wildman–Crippen MR) is 106 cm³/mol. The lowest BCUT2D eigenvalue weighted by Gasteiger charge is -2.06. The van der Waals surface area contributed by atoms with E-state index in [2.05, 4.69) is 40.2 Å². The van der Waals surface area contributed by atoms with E-state index in [0.717, 1.165) is 23.1 Å². The number of pyridine rings is 1. The number of methoxy groups -OCH3 is 1.